The molecule has 0 spiro atoms. The molecule has 0 unspecified atom stereocenters. The molecule has 1 saturated heterocycles. The molecule has 0 saturated carbocycles. The van der Waals surface area contributed by atoms with Crippen LogP contribution in [-0.4, -0.2) is 58.4 Å². The maximum absolute atomic E-state index is 15.0. The van der Waals surface area contributed by atoms with Crippen molar-refractivity contribution in [2.75, 3.05) is 38.2 Å². The second kappa shape index (κ2) is 9.41. The van der Waals surface area contributed by atoms with E-state index in [1.165, 1.54) is 6.07 Å². The highest BCUT2D eigenvalue weighted by Gasteiger charge is 2.32. The van der Waals surface area contributed by atoms with Crippen LogP contribution >= 0.6 is 0 Å². The first-order valence-corrected chi connectivity index (χ1v) is 10.9. The Morgan fingerprint density at radius 2 is 1.79 bits per heavy atom. The first-order valence-electron chi connectivity index (χ1n) is 10.9. The summed E-state index contributed by atoms with van der Waals surface area (Å²) < 4.78 is 27.4. The number of furan rings is 1. The van der Waals surface area contributed by atoms with Gasteiger partial charge in [0.1, 0.15) is 29.9 Å². The SMILES string of the molecule is COc1ccc(N2CCN([C@@H](c3ccccc3F)c3nnnn3Cc3ccco3)CC2)cc1. The number of hydrogen-bond donors (Lipinski definition) is 0. The fraction of sp³-hybridized carbons (Fsp3) is 0.292. The molecule has 2 aromatic carbocycles. The van der Waals surface area contributed by atoms with Gasteiger partial charge in [0.2, 0.25) is 0 Å². The van der Waals surface area contributed by atoms with Crippen molar-refractivity contribution in [3.05, 3.63) is 89.9 Å². The number of methoxy groups -OCH3 is 1. The van der Waals surface area contributed by atoms with E-state index in [4.69, 9.17) is 9.15 Å². The van der Waals surface area contributed by atoms with E-state index in [0.29, 0.717) is 17.9 Å². The molecule has 4 aromatic rings. The number of hydrogen-bond acceptors (Lipinski definition) is 7. The molecule has 170 valence electrons. The van der Waals surface area contributed by atoms with Gasteiger partial charge in [0.05, 0.1) is 13.4 Å². The molecule has 8 nitrogen and oxygen atoms in total. The Kier molecular flexibility index (Phi) is 6.03. The summed E-state index contributed by atoms with van der Waals surface area (Å²) in [5, 5.41) is 12.4. The average Bonchev–Trinajstić information content (AvgIpc) is 3.54. The zero-order valence-corrected chi connectivity index (χ0v) is 18.3. The van der Waals surface area contributed by atoms with Crippen molar-refractivity contribution in [3.63, 3.8) is 0 Å². The van der Waals surface area contributed by atoms with Gasteiger partial charge >= 0.3 is 0 Å². The zero-order chi connectivity index (χ0) is 22.6. The average molecular weight is 449 g/mol. The summed E-state index contributed by atoms with van der Waals surface area (Å²) in [6.45, 7) is 3.46. The van der Waals surface area contributed by atoms with E-state index in [2.05, 4.69) is 37.5 Å². The fourth-order valence-corrected chi connectivity index (χ4v) is 4.30. The predicted octanol–water partition coefficient (Wildman–Crippen LogP) is 3.37. The van der Waals surface area contributed by atoms with Crippen LogP contribution in [0.1, 0.15) is 23.2 Å². The number of rotatable bonds is 7. The Balaban J connectivity index is 1.41. The monoisotopic (exact) mass is 448 g/mol. The van der Waals surface area contributed by atoms with Crippen molar-refractivity contribution in [1.82, 2.24) is 25.1 Å². The molecule has 1 aliphatic heterocycles. The number of anilines is 1. The third-order valence-corrected chi connectivity index (χ3v) is 6.01. The lowest BCUT2D eigenvalue weighted by Gasteiger charge is -2.40. The van der Waals surface area contributed by atoms with E-state index in [0.717, 1.165) is 43.4 Å². The highest BCUT2D eigenvalue weighted by molar-refractivity contribution is 5.49. The second-order valence-corrected chi connectivity index (χ2v) is 7.92. The van der Waals surface area contributed by atoms with E-state index in [1.54, 1.807) is 24.1 Å². The van der Waals surface area contributed by atoms with Gasteiger partial charge in [-0.3, -0.25) is 4.90 Å². The Bertz CT molecular complexity index is 1170. The van der Waals surface area contributed by atoms with Crippen LogP contribution in [0.4, 0.5) is 10.1 Å². The molecule has 0 aliphatic carbocycles. The molecular weight excluding hydrogens is 423 g/mol. The smallest absolute Gasteiger partial charge is 0.173 e. The summed E-state index contributed by atoms with van der Waals surface area (Å²) in [5.74, 6) is 1.89. The Morgan fingerprint density at radius 1 is 1.00 bits per heavy atom. The minimum Gasteiger partial charge on any atom is -0.497 e. The number of tetrazole rings is 1. The molecule has 0 amide bonds. The van der Waals surface area contributed by atoms with Crippen LogP contribution in [0.5, 0.6) is 5.75 Å². The largest absolute Gasteiger partial charge is 0.497 e. The van der Waals surface area contributed by atoms with Crippen LogP contribution in [0.15, 0.2) is 71.3 Å². The minimum absolute atomic E-state index is 0.271. The standard InChI is InChI=1S/C24H25FN6O2/c1-32-19-10-8-18(9-11-19)29-12-14-30(15-13-29)23(21-6-2-3-7-22(21)25)24-26-27-28-31(24)17-20-5-4-16-33-20/h2-11,16,23H,12-15,17H2,1H3/t23-/m0/s1. The van der Waals surface area contributed by atoms with Crippen LogP contribution in [0.3, 0.4) is 0 Å². The van der Waals surface area contributed by atoms with E-state index >= 15 is 0 Å². The number of nitrogens with zero attached hydrogens (tertiary/aromatic N) is 6. The maximum atomic E-state index is 15.0. The van der Waals surface area contributed by atoms with Crippen molar-refractivity contribution in [3.8, 4) is 5.75 Å². The van der Waals surface area contributed by atoms with Gasteiger partial charge in [0.25, 0.3) is 0 Å². The highest BCUT2D eigenvalue weighted by atomic mass is 19.1. The molecule has 5 rings (SSSR count). The van der Waals surface area contributed by atoms with Gasteiger partial charge in [-0.2, -0.15) is 0 Å². The Labute approximate surface area is 191 Å². The molecule has 33 heavy (non-hydrogen) atoms. The van der Waals surface area contributed by atoms with Crippen molar-refractivity contribution < 1.29 is 13.5 Å². The number of piperazine rings is 1. The van der Waals surface area contributed by atoms with E-state index < -0.39 is 6.04 Å². The van der Waals surface area contributed by atoms with Crippen molar-refractivity contribution in [2.45, 2.75) is 12.6 Å². The first-order chi connectivity index (χ1) is 16.2. The summed E-state index contributed by atoms with van der Waals surface area (Å²) in [6.07, 6.45) is 1.62. The van der Waals surface area contributed by atoms with Gasteiger partial charge in [-0.05, 0) is 52.9 Å². The van der Waals surface area contributed by atoms with Crippen molar-refractivity contribution >= 4 is 5.69 Å². The van der Waals surface area contributed by atoms with Crippen LogP contribution < -0.4 is 9.64 Å². The summed E-state index contributed by atoms with van der Waals surface area (Å²) in [6, 6.07) is 18.2. The molecule has 2 aromatic heterocycles. The second-order valence-electron chi connectivity index (χ2n) is 7.92. The van der Waals surface area contributed by atoms with E-state index in [9.17, 15) is 4.39 Å². The van der Waals surface area contributed by atoms with Crippen LogP contribution in [-0.2, 0) is 6.54 Å². The van der Waals surface area contributed by atoms with Gasteiger partial charge in [-0.15, -0.1) is 5.10 Å². The molecule has 3 heterocycles. The lowest BCUT2D eigenvalue weighted by molar-refractivity contribution is 0.197. The van der Waals surface area contributed by atoms with Gasteiger partial charge in [0, 0.05) is 37.4 Å². The lowest BCUT2D eigenvalue weighted by atomic mass is 10.0. The first kappa shape index (κ1) is 21.1. The summed E-state index contributed by atoms with van der Waals surface area (Å²) >= 11 is 0. The predicted molar refractivity (Wildman–Crippen MR) is 121 cm³/mol. The summed E-state index contributed by atoms with van der Waals surface area (Å²) in [7, 11) is 1.66. The van der Waals surface area contributed by atoms with Crippen LogP contribution in [0.25, 0.3) is 0 Å². The number of aromatic nitrogens is 4. The highest BCUT2D eigenvalue weighted by Crippen LogP contribution is 2.31. The van der Waals surface area contributed by atoms with Gasteiger partial charge in [0.15, 0.2) is 5.82 Å². The summed E-state index contributed by atoms with van der Waals surface area (Å²) in [5.41, 5.74) is 1.70. The quantitative estimate of drug-likeness (QED) is 0.429. The number of ether oxygens (including phenoxy) is 1. The molecule has 0 radical (unpaired) electrons. The molecular formula is C24H25FN6O2. The molecule has 1 atom stereocenters. The van der Waals surface area contributed by atoms with E-state index in [1.807, 2.05) is 36.4 Å². The maximum Gasteiger partial charge on any atom is 0.173 e. The molecule has 9 heteroatoms. The summed E-state index contributed by atoms with van der Waals surface area (Å²) in [4.78, 5) is 4.56. The minimum atomic E-state index is -0.408. The zero-order valence-electron chi connectivity index (χ0n) is 18.3. The van der Waals surface area contributed by atoms with Gasteiger partial charge < -0.3 is 14.1 Å². The topological polar surface area (TPSA) is 72.5 Å². The van der Waals surface area contributed by atoms with Crippen molar-refractivity contribution in [2.24, 2.45) is 0 Å². The van der Waals surface area contributed by atoms with E-state index in [-0.39, 0.29) is 5.82 Å². The Hall–Kier alpha value is -3.72. The number of halogens is 1. The molecule has 1 aliphatic rings. The van der Waals surface area contributed by atoms with Crippen LogP contribution in [0.2, 0.25) is 0 Å². The Morgan fingerprint density at radius 3 is 2.48 bits per heavy atom. The fourth-order valence-electron chi connectivity index (χ4n) is 4.30. The molecule has 1 fully saturated rings. The van der Waals surface area contributed by atoms with Crippen molar-refractivity contribution in [1.29, 1.82) is 0 Å². The van der Waals surface area contributed by atoms with Gasteiger partial charge in [-0.25, -0.2) is 9.07 Å². The third-order valence-electron chi connectivity index (χ3n) is 6.01. The molecule has 0 N–H and O–H groups in total. The normalized spacial score (nSPS) is 15.5. The lowest BCUT2D eigenvalue weighted by Crippen LogP contribution is -2.48. The third kappa shape index (κ3) is 4.45. The number of benzene rings is 2. The molecule has 0 bridgehead atoms. The van der Waals surface area contributed by atoms with Crippen LogP contribution in [0, 0.1) is 5.82 Å². The van der Waals surface area contributed by atoms with Gasteiger partial charge in [-0.1, -0.05) is 18.2 Å².